The lowest BCUT2D eigenvalue weighted by molar-refractivity contribution is -0.145. The van der Waals surface area contributed by atoms with E-state index in [9.17, 15) is 19.2 Å². The van der Waals surface area contributed by atoms with Crippen molar-refractivity contribution in [1.29, 1.82) is 0 Å². The minimum atomic E-state index is -0.968. The summed E-state index contributed by atoms with van der Waals surface area (Å²) in [6.07, 6.45) is 1.19. The molecule has 0 aliphatic heterocycles. The van der Waals surface area contributed by atoms with E-state index in [0.717, 1.165) is 24.0 Å². The second kappa shape index (κ2) is 12.2. The zero-order valence-corrected chi connectivity index (χ0v) is 22.8. The number of aryl methyl sites for hydroxylation is 2. The van der Waals surface area contributed by atoms with Crippen molar-refractivity contribution in [2.45, 2.75) is 91.5 Å². The van der Waals surface area contributed by atoms with Crippen LogP contribution in [0.25, 0.3) is 0 Å². The fourth-order valence-corrected chi connectivity index (χ4v) is 3.89. The summed E-state index contributed by atoms with van der Waals surface area (Å²) in [5.74, 6) is -1.32. The standard InChI is InChI=1S/C27H41N3O6/c1-16(2)13-21(29-26(34)36-27(5,6)7)25(33)30(20-11-12-20)23(24(32)28-15-22(31)35-8)19-10-9-17(3)18(4)14-19/h9-10,14,16,20-21,23H,11-13,15H2,1-8H3,(H,28,32)(H,29,34). The average Bonchev–Trinajstić information content (AvgIpc) is 3.60. The van der Waals surface area contributed by atoms with Gasteiger partial charge < -0.3 is 25.0 Å². The van der Waals surface area contributed by atoms with Crippen LogP contribution in [-0.2, 0) is 23.9 Å². The van der Waals surface area contributed by atoms with Gasteiger partial charge in [0.25, 0.3) is 0 Å². The highest BCUT2D eigenvalue weighted by Crippen LogP contribution is 2.36. The van der Waals surface area contributed by atoms with Crippen molar-refractivity contribution in [1.82, 2.24) is 15.5 Å². The zero-order valence-electron chi connectivity index (χ0n) is 22.8. The molecule has 1 saturated carbocycles. The lowest BCUT2D eigenvalue weighted by Gasteiger charge is -2.35. The third kappa shape index (κ3) is 8.53. The highest BCUT2D eigenvalue weighted by Gasteiger charge is 2.44. The van der Waals surface area contributed by atoms with E-state index in [0.29, 0.717) is 12.0 Å². The van der Waals surface area contributed by atoms with Gasteiger partial charge in [0, 0.05) is 6.04 Å². The van der Waals surface area contributed by atoms with E-state index in [1.54, 1.807) is 25.7 Å². The summed E-state index contributed by atoms with van der Waals surface area (Å²) in [5.41, 5.74) is 1.95. The van der Waals surface area contributed by atoms with Crippen molar-refractivity contribution >= 4 is 23.9 Å². The van der Waals surface area contributed by atoms with E-state index in [1.807, 2.05) is 45.9 Å². The molecular formula is C27H41N3O6. The Kier molecular flexibility index (Phi) is 9.90. The van der Waals surface area contributed by atoms with E-state index in [4.69, 9.17) is 4.74 Å². The molecule has 2 atom stereocenters. The van der Waals surface area contributed by atoms with Crippen LogP contribution in [-0.4, -0.2) is 60.1 Å². The highest BCUT2D eigenvalue weighted by molar-refractivity contribution is 5.93. The summed E-state index contributed by atoms with van der Waals surface area (Å²) in [7, 11) is 1.24. The first-order valence-corrected chi connectivity index (χ1v) is 12.5. The number of ether oxygens (including phenoxy) is 2. The molecule has 2 N–H and O–H groups in total. The topological polar surface area (TPSA) is 114 Å². The molecule has 1 aliphatic carbocycles. The van der Waals surface area contributed by atoms with E-state index < -0.39 is 35.7 Å². The van der Waals surface area contributed by atoms with E-state index in [1.165, 1.54) is 7.11 Å². The maximum atomic E-state index is 14.0. The third-order valence-corrected chi connectivity index (χ3v) is 5.90. The molecule has 1 aromatic rings. The largest absolute Gasteiger partial charge is 0.468 e. The Morgan fingerprint density at radius 2 is 1.72 bits per heavy atom. The number of amides is 3. The molecule has 1 aliphatic rings. The zero-order chi connectivity index (χ0) is 27.2. The van der Waals surface area contributed by atoms with Gasteiger partial charge >= 0.3 is 12.1 Å². The van der Waals surface area contributed by atoms with Gasteiger partial charge in [-0.15, -0.1) is 0 Å². The molecule has 1 fully saturated rings. The Hall–Kier alpha value is -3.10. The van der Waals surface area contributed by atoms with Crippen molar-refractivity contribution in [3.8, 4) is 0 Å². The summed E-state index contributed by atoms with van der Waals surface area (Å²) in [5, 5.41) is 5.35. The van der Waals surface area contributed by atoms with Crippen LogP contribution in [0.1, 0.15) is 76.6 Å². The second-order valence-corrected chi connectivity index (χ2v) is 10.8. The number of hydrogen-bond donors (Lipinski definition) is 2. The molecule has 1 aromatic carbocycles. The van der Waals surface area contributed by atoms with Gasteiger partial charge in [0.05, 0.1) is 7.11 Å². The SMILES string of the molecule is COC(=O)CNC(=O)C(c1ccc(C)c(C)c1)N(C(=O)C(CC(C)C)NC(=O)OC(C)(C)C)C1CC1. The summed E-state index contributed by atoms with van der Waals surface area (Å²) in [6, 6.07) is 3.63. The van der Waals surface area contributed by atoms with Crippen LogP contribution in [0.3, 0.4) is 0 Å². The predicted octanol–water partition coefficient (Wildman–Crippen LogP) is 3.56. The molecule has 0 aromatic heterocycles. The van der Waals surface area contributed by atoms with Gasteiger partial charge in [0.1, 0.15) is 24.2 Å². The number of nitrogens with one attached hydrogen (secondary N) is 2. The third-order valence-electron chi connectivity index (χ3n) is 5.90. The normalized spacial score (nSPS) is 15.0. The Balaban J connectivity index is 2.46. The Morgan fingerprint density at radius 3 is 2.22 bits per heavy atom. The first kappa shape index (κ1) is 29.1. The predicted molar refractivity (Wildman–Crippen MR) is 136 cm³/mol. The summed E-state index contributed by atoms with van der Waals surface area (Å²) < 4.78 is 10.1. The molecule has 0 saturated heterocycles. The fraction of sp³-hybridized carbons (Fsp3) is 0.630. The molecule has 0 spiro atoms. The number of methoxy groups -OCH3 is 1. The number of benzene rings is 1. The second-order valence-electron chi connectivity index (χ2n) is 10.8. The number of carbonyl (C=O) groups excluding carboxylic acids is 4. The maximum absolute atomic E-state index is 14.0. The fourth-order valence-electron chi connectivity index (χ4n) is 3.89. The van der Waals surface area contributed by atoms with Gasteiger partial charge in [-0.1, -0.05) is 32.0 Å². The first-order chi connectivity index (χ1) is 16.7. The van der Waals surface area contributed by atoms with Gasteiger partial charge in [-0.25, -0.2) is 4.79 Å². The van der Waals surface area contributed by atoms with Crippen LogP contribution in [0.15, 0.2) is 18.2 Å². The minimum Gasteiger partial charge on any atom is -0.468 e. The van der Waals surface area contributed by atoms with Gasteiger partial charge in [0.15, 0.2) is 0 Å². The van der Waals surface area contributed by atoms with Crippen LogP contribution in [0.4, 0.5) is 4.79 Å². The van der Waals surface area contributed by atoms with Crippen molar-refractivity contribution in [3.63, 3.8) is 0 Å². The van der Waals surface area contributed by atoms with Crippen LogP contribution < -0.4 is 10.6 Å². The molecule has 0 bridgehead atoms. The number of esters is 1. The van der Waals surface area contributed by atoms with Gasteiger partial charge in [-0.05, 0) is 76.5 Å². The molecule has 9 nitrogen and oxygen atoms in total. The molecule has 9 heteroatoms. The number of rotatable bonds is 10. The number of nitrogens with zero attached hydrogens (tertiary/aromatic N) is 1. The van der Waals surface area contributed by atoms with E-state index >= 15 is 0 Å². The summed E-state index contributed by atoms with van der Waals surface area (Å²) in [4.78, 5) is 53.4. The van der Waals surface area contributed by atoms with Crippen LogP contribution in [0.5, 0.6) is 0 Å². The van der Waals surface area contributed by atoms with Crippen molar-refractivity contribution in [3.05, 3.63) is 34.9 Å². The van der Waals surface area contributed by atoms with Gasteiger partial charge in [-0.2, -0.15) is 0 Å². The molecular weight excluding hydrogens is 462 g/mol. The van der Waals surface area contributed by atoms with Crippen LogP contribution >= 0.6 is 0 Å². The first-order valence-electron chi connectivity index (χ1n) is 12.5. The van der Waals surface area contributed by atoms with Gasteiger partial charge in [-0.3, -0.25) is 14.4 Å². The number of hydrogen-bond acceptors (Lipinski definition) is 6. The lowest BCUT2D eigenvalue weighted by Crippen LogP contribution is -2.54. The highest BCUT2D eigenvalue weighted by atomic mass is 16.6. The molecule has 2 unspecified atom stereocenters. The van der Waals surface area contributed by atoms with E-state index in [2.05, 4.69) is 15.4 Å². The van der Waals surface area contributed by atoms with Crippen molar-refractivity contribution in [2.24, 2.45) is 5.92 Å². The quantitative estimate of drug-likeness (QED) is 0.472. The molecule has 200 valence electrons. The van der Waals surface area contributed by atoms with Crippen molar-refractivity contribution in [2.75, 3.05) is 13.7 Å². The minimum absolute atomic E-state index is 0.100. The average molecular weight is 504 g/mol. The molecule has 3 amide bonds. The van der Waals surface area contributed by atoms with Gasteiger partial charge in [0.2, 0.25) is 11.8 Å². The van der Waals surface area contributed by atoms with E-state index in [-0.39, 0.29) is 24.4 Å². The molecule has 0 heterocycles. The van der Waals surface area contributed by atoms with Crippen molar-refractivity contribution < 1.29 is 28.7 Å². The number of alkyl carbamates (subject to hydrolysis) is 1. The summed E-state index contributed by atoms with van der Waals surface area (Å²) >= 11 is 0. The summed E-state index contributed by atoms with van der Waals surface area (Å²) in [6.45, 7) is 12.8. The molecule has 36 heavy (non-hydrogen) atoms. The smallest absolute Gasteiger partial charge is 0.408 e. The maximum Gasteiger partial charge on any atom is 0.408 e. The van der Waals surface area contributed by atoms with Crippen LogP contribution in [0, 0.1) is 19.8 Å². The Bertz CT molecular complexity index is 965. The monoisotopic (exact) mass is 503 g/mol. The molecule has 2 rings (SSSR count). The van der Waals surface area contributed by atoms with Crippen LogP contribution in [0.2, 0.25) is 0 Å². The number of carbonyl (C=O) groups is 4. The molecule has 0 radical (unpaired) electrons. The Labute approximate surface area is 214 Å². The Morgan fingerprint density at radius 1 is 1.08 bits per heavy atom. The lowest BCUT2D eigenvalue weighted by atomic mass is 9.96.